The first kappa shape index (κ1) is 7.23. The quantitative estimate of drug-likeness (QED) is 0.378. The molecule has 0 bridgehead atoms. The summed E-state index contributed by atoms with van der Waals surface area (Å²) in [6.07, 6.45) is 0.602. The third kappa shape index (κ3) is 3.42. The summed E-state index contributed by atoms with van der Waals surface area (Å²) in [5, 5.41) is 10.3. The second-order valence-corrected chi connectivity index (χ2v) is 2.72. The molecular weight excluding hydrogens is 122 g/mol. The van der Waals surface area contributed by atoms with Crippen molar-refractivity contribution >= 4 is 16.3 Å². The highest BCUT2D eigenvalue weighted by Crippen LogP contribution is 1.73. The predicted octanol–water partition coefficient (Wildman–Crippen LogP) is -0.869. The second kappa shape index (κ2) is 3.26. The largest absolute Gasteiger partial charge is 0.465 e. The highest BCUT2D eigenvalue weighted by Gasteiger charge is 1.96. The van der Waals surface area contributed by atoms with Crippen LogP contribution in [0.4, 0.5) is 4.79 Å². The molecule has 0 aliphatic rings. The predicted molar refractivity (Wildman–Crippen MR) is 35.1 cm³/mol. The van der Waals surface area contributed by atoms with Gasteiger partial charge in [-0.3, -0.25) is 0 Å². The van der Waals surface area contributed by atoms with Crippen molar-refractivity contribution < 1.29 is 9.90 Å². The van der Waals surface area contributed by atoms with Crippen molar-refractivity contribution in [1.29, 1.82) is 0 Å². The molecule has 0 rings (SSSR count). The lowest BCUT2D eigenvalue weighted by molar-refractivity contribution is 0.194. The van der Waals surface area contributed by atoms with E-state index < -0.39 is 6.09 Å². The lowest BCUT2D eigenvalue weighted by Crippen LogP contribution is -2.31. The van der Waals surface area contributed by atoms with Gasteiger partial charge in [0.25, 0.3) is 0 Å². The number of amides is 1. The van der Waals surface area contributed by atoms with E-state index in [1.54, 1.807) is 6.08 Å². The summed E-state index contributed by atoms with van der Waals surface area (Å²) in [6.45, 7) is 3.42. The Kier molecular flexibility index (Phi) is 2.94. The molecule has 0 saturated carbocycles. The van der Waals surface area contributed by atoms with Crippen molar-refractivity contribution in [2.45, 2.75) is 5.67 Å². The summed E-state index contributed by atoms with van der Waals surface area (Å²) in [4.78, 5) is 9.83. The van der Waals surface area contributed by atoms with Crippen LogP contribution in [0.25, 0.3) is 0 Å². The molecule has 0 aliphatic heterocycles. The molecule has 0 aliphatic carbocycles. The van der Waals surface area contributed by atoms with Crippen LogP contribution < -0.4 is 5.32 Å². The van der Waals surface area contributed by atoms with Gasteiger partial charge in [0.05, 0.1) is 0 Å². The molecule has 0 aromatic rings. The summed E-state index contributed by atoms with van der Waals surface area (Å²) < 4.78 is 0. The monoisotopic (exact) mass is 131 g/mol. The Morgan fingerprint density at radius 2 is 2.50 bits per heavy atom. The summed E-state index contributed by atoms with van der Waals surface area (Å²) in [6, 6.07) is 0. The fourth-order valence-corrected chi connectivity index (χ4v) is 0.501. The fraction of sp³-hybridized carbons (Fsp3) is 0.250. The van der Waals surface area contributed by atoms with E-state index in [0.717, 1.165) is 10.2 Å². The normalized spacial score (nSPS) is 12.5. The standard InChI is InChI=1S/C4H9NO2Si/c1-2-3(8)5-4(6)7/h2-3,5H,1H2,8H3,(H,6,7). The van der Waals surface area contributed by atoms with Gasteiger partial charge in [0.2, 0.25) is 0 Å². The molecule has 0 aromatic carbocycles. The van der Waals surface area contributed by atoms with Gasteiger partial charge in [0.15, 0.2) is 0 Å². The van der Waals surface area contributed by atoms with E-state index in [2.05, 4.69) is 11.9 Å². The van der Waals surface area contributed by atoms with Crippen molar-refractivity contribution in [1.82, 2.24) is 5.32 Å². The highest BCUT2D eigenvalue weighted by molar-refractivity contribution is 6.14. The van der Waals surface area contributed by atoms with Gasteiger partial charge < -0.3 is 10.4 Å². The Hall–Kier alpha value is -0.773. The Morgan fingerprint density at radius 1 is 2.00 bits per heavy atom. The zero-order valence-electron chi connectivity index (χ0n) is 4.72. The Balaban J connectivity index is 3.38. The fourth-order valence-electron chi connectivity index (χ4n) is 0.254. The molecule has 1 amide bonds. The number of rotatable bonds is 2. The number of nitrogens with one attached hydrogen (secondary N) is 1. The van der Waals surface area contributed by atoms with Crippen LogP contribution in [0.1, 0.15) is 0 Å². The van der Waals surface area contributed by atoms with Gasteiger partial charge in [-0.25, -0.2) is 4.79 Å². The average molecular weight is 131 g/mol. The van der Waals surface area contributed by atoms with Crippen LogP contribution in [0, 0.1) is 0 Å². The first-order chi connectivity index (χ1) is 3.66. The molecule has 4 heteroatoms. The van der Waals surface area contributed by atoms with Crippen molar-refractivity contribution in [2.24, 2.45) is 0 Å². The van der Waals surface area contributed by atoms with Gasteiger partial charge in [-0.1, -0.05) is 6.08 Å². The minimum Gasteiger partial charge on any atom is -0.465 e. The number of carboxylic acid groups (broad SMARTS) is 1. The highest BCUT2D eigenvalue weighted by atomic mass is 28.1. The van der Waals surface area contributed by atoms with Gasteiger partial charge in [-0.15, -0.1) is 6.58 Å². The van der Waals surface area contributed by atoms with Crippen LogP contribution in [0.5, 0.6) is 0 Å². The smallest absolute Gasteiger partial charge is 0.404 e. The molecule has 0 radical (unpaired) electrons. The third-order valence-electron chi connectivity index (χ3n) is 0.705. The molecule has 8 heavy (non-hydrogen) atoms. The van der Waals surface area contributed by atoms with Gasteiger partial charge in [-0.2, -0.15) is 0 Å². The maximum Gasteiger partial charge on any atom is 0.404 e. The third-order valence-corrected chi connectivity index (χ3v) is 1.46. The number of hydrogen-bond donors (Lipinski definition) is 2. The molecule has 0 heterocycles. The van der Waals surface area contributed by atoms with Gasteiger partial charge >= 0.3 is 6.09 Å². The van der Waals surface area contributed by atoms with E-state index >= 15 is 0 Å². The summed E-state index contributed by atoms with van der Waals surface area (Å²) in [5.74, 6) is 0. The molecule has 1 unspecified atom stereocenters. The molecule has 3 nitrogen and oxygen atoms in total. The zero-order valence-corrected chi connectivity index (χ0v) is 6.72. The molecule has 0 spiro atoms. The summed E-state index contributed by atoms with van der Waals surface area (Å²) in [5.41, 5.74) is -0.0208. The lowest BCUT2D eigenvalue weighted by atomic mass is 10.6. The van der Waals surface area contributed by atoms with Crippen LogP contribution in [0.15, 0.2) is 12.7 Å². The molecule has 46 valence electrons. The van der Waals surface area contributed by atoms with Crippen LogP contribution >= 0.6 is 0 Å². The zero-order chi connectivity index (χ0) is 6.57. The van der Waals surface area contributed by atoms with Crippen LogP contribution in [0.2, 0.25) is 0 Å². The van der Waals surface area contributed by atoms with Gasteiger partial charge in [-0.05, 0) is 0 Å². The molecule has 0 aromatic heterocycles. The van der Waals surface area contributed by atoms with Crippen molar-refractivity contribution in [3.8, 4) is 0 Å². The summed E-state index contributed by atoms with van der Waals surface area (Å²) in [7, 11) is 0.778. The van der Waals surface area contributed by atoms with E-state index in [-0.39, 0.29) is 5.67 Å². The molecular formula is C4H9NO2Si. The second-order valence-electron chi connectivity index (χ2n) is 1.47. The van der Waals surface area contributed by atoms with Crippen molar-refractivity contribution in [3.05, 3.63) is 12.7 Å². The minimum absolute atomic E-state index is 0.0208. The van der Waals surface area contributed by atoms with Crippen LogP contribution in [-0.4, -0.2) is 27.1 Å². The average Bonchev–Trinajstić information content (AvgIpc) is 1.65. The molecule has 1 atom stereocenters. The molecule has 0 fully saturated rings. The Bertz CT molecular complexity index is 104. The van der Waals surface area contributed by atoms with Crippen LogP contribution in [-0.2, 0) is 0 Å². The Morgan fingerprint density at radius 3 is 2.62 bits per heavy atom. The van der Waals surface area contributed by atoms with E-state index in [4.69, 9.17) is 5.11 Å². The van der Waals surface area contributed by atoms with E-state index in [1.165, 1.54) is 0 Å². The molecule has 0 saturated heterocycles. The summed E-state index contributed by atoms with van der Waals surface area (Å²) >= 11 is 0. The number of hydrogen-bond acceptors (Lipinski definition) is 1. The van der Waals surface area contributed by atoms with E-state index in [1.807, 2.05) is 0 Å². The van der Waals surface area contributed by atoms with Gasteiger partial charge in [0, 0.05) is 15.9 Å². The Labute approximate surface area is 50.8 Å². The minimum atomic E-state index is -0.982. The molecule has 2 N–H and O–H groups in total. The van der Waals surface area contributed by atoms with Crippen molar-refractivity contribution in [3.63, 3.8) is 0 Å². The SMILES string of the molecule is C=CC([SiH3])NC(=O)O. The van der Waals surface area contributed by atoms with Crippen LogP contribution in [0.3, 0.4) is 0 Å². The van der Waals surface area contributed by atoms with Crippen molar-refractivity contribution in [2.75, 3.05) is 0 Å². The maximum atomic E-state index is 9.83. The first-order valence-corrected chi connectivity index (χ1v) is 3.44. The lowest BCUT2D eigenvalue weighted by Gasteiger charge is -2.02. The van der Waals surface area contributed by atoms with Gasteiger partial charge in [0.1, 0.15) is 0 Å². The maximum absolute atomic E-state index is 9.83. The van der Waals surface area contributed by atoms with E-state index in [0.29, 0.717) is 0 Å². The van der Waals surface area contributed by atoms with E-state index in [9.17, 15) is 4.79 Å². The first-order valence-electron chi connectivity index (χ1n) is 2.29. The number of carbonyl (C=O) groups is 1. The topological polar surface area (TPSA) is 49.3 Å².